The highest BCUT2D eigenvalue weighted by Crippen LogP contribution is 2.37. The summed E-state index contributed by atoms with van der Waals surface area (Å²) < 4.78 is 52.5. The first kappa shape index (κ1) is 23.3. The second kappa shape index (κ2) is 9.30. The van der Waals surface area contributed by atoms with Crippen LogP contribution < -0.4 is 9.47 Å². The standard InChI is InChI=1S/C26H24F3NO5/c27-26(28,29)35-22-5-1-16(2-6-22)15-33-21-7-3-17(4-8-21)24-13-19-14-30(10-9-23(19)34-24)20-11-18(12-20)25(31)32/h1-8,13,18,20H,9-12,14-15H2,(H,31,32). The minimum absolute atomic E-state index is 0.209. The van der Waals surface area contributed by atoms with Crippen LogP contribution in [0.15, 0.2) is 59.0 Å². The van der Waals surface area contributed by atoms with E-state index in [2.05, 4.69) is 15.7 Å². The zero-order valence-corrected chi connectivity index (χ0v) is 18.8. The number of carbonyl (C=O) groups is 1. The number of furan rings is 1. The number of rotatable bonds is 7. The van der Waals surface area contributed by atoms with Crippen molar-refractivity contribution in [2.45, 2.75) is 44.8 Å². The lowest BCUT2D eigenvalue weighted by atomic mass is 9.79. The molecule has 0 radical (unpaired) electrons. The van der Waals surface area contributed by atoms with Gasteiger partial charge in [0.25, 0.3) is 0 Å². The van der Waals surface area contributed by atoms with E-state index in [1.807, 2.05) is 24.3 Å². The van der Waals surface area contributed by atoms with E-state index in [9.17, 15) is 18.0 Å². The van der Waals surface area contributed by atoms with Crippen LogP contribution in [-0.4, -0.2) is 34.9 Å². The number of aliphatic carboxylic acids is 1. The van der Waals surface area contributed by atoms with Gasteiger partial charge in [-0.25, -0.2) is 0 Å². The van der Waals surface area contributed by atoms with Crippen molar-refractivity contribution in [3.8, 4) is 22.8 Å². The molecule has 0 unspecified atom stereocenters. The Morgan fingerprint density at radius 1 is 1.06 bits per heavy atom. The smallest absolute Gasteiger partial charge is 0.489 e. The summed E-state index contributed by atoms with van der Waals surface area (Å²) in [6, 6.07) is 15.4. The molecule has 35 heavy (non-hydrogen) atoms. The highest BCUT2D eigenvalue weighted by molar-refractivity contribution is 5.71. The Balaban J connectivity index is 1.16. The predicted molar refractivity (Wildman–Crippen MR) is 120 cm³/mol. The average molecular weight is 487 g/mol. The first-order valence-electron chi connectivity index (χ1n) is 11.4. The Kier molecular flexibility index (Phi) is 6.19. The lowest BCUT2D eigenvalue weighted by Gasteiger charge is -2.42. The van der Waals surface area contributed by atoms with Crippen molar-refractivity contribution < 1.29 is 37.0 Å². The molecule has 0 atom stereocenters. The zero-order valence-electron chi connectivity index (χ0n) is 18.8. The summed E-state index contributed by atoms with van der Waals surface area (Å²) in [5, 5.41) is 9.11. The van der Waals surface area contributed by atoms with Crippen LogP contribution in [0, 0.1) is 5.92 Å². The van der Waals surface area contributed by atoms with Gasteiger partial charge in [-0.15, -0.1) is 13.2 Å². The average Bonchev–Trinajstić information content (AvgIpc) is 3.20. The van der Waals surface area contributed by atoms with Gasteiger partial charge >= 0.3 is 12.3 Å². The number of alkyl halides is 3. The third kappa shape index (κ3) is 5.45. The second-order valence-corrected chi connectivity index (χ2v) is 8.94. The molecule has 2 aliphatic rings. The number of benzene rings is 2. The maximum absolute atomic E-state index is 12.3. The number of fused-ring (bicyclic) bond motifs is 1. The van der Waals surface area contributed by atoms with Crippen molar-refractivity contribution >= 4 is 5.97 Å². The second-order valence-electron chi connectivity index (χ2n) is 8.94. The van der Waals surface area contributed by atoms with E-state index in [1.165, 1.54) is 24.3 Å². The monoisotopic (exact) mass is 487 g/mol. The quantitative estimate of drug-likeness (QED) is 0.465. The minimum Gasteiger partial charge on any atom is -0.489 e. The van der Waals surface area contributed by atoms with Gasteiger partial charge in [0.05, 0.1) is 5.92 Å². The van der Waals surface area contributed by atoms with Gasteiger partial charge in [-0.3, -0.25) is 9.69 Å². The van der Waals surface area contributed by atoms with Crippen molar-refractivity contribution in [1.29, 1.82) is 0 Å². The number of nitrogens with zero attached hydrogens (tertiary/aromatic N) is 1. The van der Waals surface area contributed by atoms with Gasteiger partial charge < -0.3 is 19.0 Å². The van der Waals surface area contributed by atoms with Gasteiger partial charge in [-0.2, -0.15) is 0 Å². The molecule has 2 heterocycles. The largest absolute Gasteiger partial charge is 0.573 e. The maximum Gasteiger partial charge on any atom is 0.573 e. The molecule has 0 amide bonds. The Morgan fingerprint density at radius 2 is 1.74 bits per heavy atom. The molecule has 1 fully saturated rings. The van der Waals surface area contributed by atoms with Crippen LogP contribution >= 0.6 is 0 Å². The summed E-state index contributed by atoms with van der Waals surface area (Å²) in [4.78, 5) is 13.4. The molecule has 9 heteroatoms. The summed E-state index contributed by atoms with van der Waals surface area (Å²) >= 11 is 0. The summed E-state index contributed by atoms with van der Waals surface area (Å²) in [6.45, 7) is 1.84. The van der Waals surface area contributed by atoms with Crippen LogP contribution in [-0.2, 0) is 24.4 Å². The van der Waals surface area contributed by atoms with Crippen LogP contribution in [0.25, 0.3) is 11.3 Å². The fourth-order valence-corrected chi connectivity index (χ4v) is 4.57. The lowest BCUT2D eigenvalue weighted by Crippen LogP contribution is -2.48. The van der Waals surface area contributed by atoms with Gasteiger partial charge in [0.15, 0.2) is 0 Å². The molecular weight excluding hydrogens is 463 g/mol. The van der Waals surface area contributed by atoms with Gasteiger partial charge in [-0.1, -0.05) is 12.1 Å². The number of hydrogen-bond acceptors (Lipinski definition) is 5. The van der Waals surface area contributed by atoms with Crippen LogP contribution in [0.2, 0.25) is 0 Å². The van der Waals surface area contributed by atoms with E-state index in [1.54, 1.807) is 0 Å². The lowest BCUT2D eigenvalue weighted by molar-refractivity contribution is -0.274. The molecule has 184 valence electrons. The number of carboxylic acids is 1. The molecule has 1 aliphatic carbocycles. The number of halogens is 3. The molecule has 1 aromatic heterocycles. The molecule has 3 aromatic rings. The van der Waals surface area contributed by atoms with Crippen molar-refractivity contribution in [2.75, 3.05) is 6.54 Å². The van der Waals surface area contributed by atoms with Crippen molar-refractivity contribution in [3.05, 3.63) is 71.5 Å². The van der Waals surface area contributed by atoms with Gasteiger partial charge in [0, 0.05) is 36.7 Å². The first-order valence-corrected chi connectivity index (χ1v) is 11.4. The summed E-state index contributed by atoms with van der Waals surface area (Å²) in [7, 11) is 0. The van der Waals surface area contributed by atoms with Crippen molar-refractivity contribution in [2.24, 2.45) is 5.92 Å². The SMILES string of the molecule is O=C(O)C1CC(N2CCc3oc(-c4ccc(OCc5ccc(OC(F)(F)F)cc5)cc4)cc3C2)C1. The van der Waals surface area contributed by atoms with Crippen LogP contribution in [0.5, 0.6) is 11.5 Å². The molecule has 1 saturated carbocycles. The van der Waals surface area contributed by atoms with E-state index >= 15 is 0 Å². The summed E-state index contributed by atoms with van der Waals surface area (Å²) in [5.74, 6) is 1.19. The first-order chi connectivity index (χ1) is 16.7. The van der Waals surface area contributed by atoms with E-state index in [0.717, 1.165) is 42.2 Å². The van der Waals surface area contributed by atoms with Gasteiger partial charge in [-0.05, 0) is 60.9 Å². The van der Waals surface area contributed by atoms with Crippen LogP contribution in [0.4, 0.5) is 13.2 Å². The molecular formula is C26H24F3NO5. The molecule has 1 N–H and O–H groups in total. The normalized spacial score (nSPS) is 20.1. The van der Waals surface area contributed by atoms with Crippen LogP contribution in [0.1, 0.15) is 29.7 Å². The molecule has 5 rings (SSSR count). The molecule has 0 bridgehead atoms. The molecule has 1 aliphatic heterocycles. The molecule has 0 spiro atoms. The minimum atomic E-state index is -4.71. The summed E-state index contributed by atoms with van der Waals surface area (Å²) in [6.07, 6.45) is -2.49. The third-order valence-corrected chi connectivity index (χ3v) is 6.58. The van der Waals surface area contributed by atoms with Crippen molar-refractivity contribution in [3.63, 3.8) is 0 Å². The highest BCUT2D eigenvalue weighted by Gasteiger charge is 2.39. The zero-order chi connectivity index (χ0) is 24.6. The Labute approximate surface area is 199 Å². The Morgan fingerprint density at radius 3 is 2.40 bits per heavy atom. The van der Waals surface area contributed by atoms with E-state index in [4.69, 9.17) is 14.3 Å². The van der Waals surface area contributed by atoms with Crippen molar-refractivity contribution in [1.82, 2.24) is 4.90 Å². The fraction of sp³-hybridized carbons (Fsp3) is 0.346. The van der Waals surface area contributed by atoms with E-state index in [0.29, 0.717) is 30.2 Å². The van der Waals surface area contributed by atoms with E-state index in [-0.39, 0.29) is 18.3 Å². The Hall–Kier alpha value is -3.46. The molecule has 6 nitrogen and oxygen atoms in total. The maximum atomic E-state index is 12.3. The fourth-order valence-electron chi connectivity index (χ4n) is 4.57. The third-order valence-electron chi connectivity index (χ3n) is 6.58. The topological polar surface area (TPSA) is 72.1 Å². The number of carboxylic acid groups (broad SMARTS) is 1. The predicted octanol–water partition coefficient (Wildman–Crippen LogP) is 5.65. The molecule has 2 aromatic carbocycles. The Bertz CT molecular complexity index is 1180. The number of ether oxygens (including phenoxy) is 2. The highest BCUT2D eigenvalue weighted by atomic mass is 19.4. The number of hydrogen-bond donors (Lipinski definition) is 1. The van der Waals surface area contributed by atoms with Gasteiger partial charge in [0.2, 0.25) is 0 Å². The summed E-state index contributed by atoms with van der Waals surface area (Å²) in [5.41, 5.74) is 2.78. The molecule has 0 saturated heterocycles. The van der Waals surface area contributed by atoms with Gasteiger partial charge in [0.1, 0.15) is 29.6 Å². The van der Waals surface area contributed by atoms with E-state index < -0.39 is 12.3 Å². The van der Waals surface area contributed by atoms with Crippen LogP contribution in [0.3, 0.4) is 0 Å².